The van der Waals surface area contributed by atoms with Gasteiger partial charge in [0.2, 0.25) is 0 Å². The first-order chi connectivity index (χ1) is 8.02. The van der Waals surface area contributed by atoms with Crippen LogP contribution < -0.4 is 10.9 Å². The number of hydrogen-bond donors (Lipinski definition) is 3. The number of carbonyl (C=O) groups is 1. The van der Waals surface area contributed by atoms with E-state index < -0.39 is 11.4 Å². The summed E-state index contributed by atoms with van der Waals surface area (Å²) in [6.45, 7) is 1.73. The van der Waals surface area contributed by atoms with Crippen LogP contribution in [0.15, 0.2) is 17.2 Å². The zero-order chi connectivity index (χ0) is 12.5. The minimum Gasteiger partial charge on any atom is -0.481 e. The quantitative estimate of drug-likeness (QED) is 0.723. The number of nitrogens with one attached hydrogen (secondary N) is 2. The average molecular weight is 237 g/mol. The summed E-state index contributed by atoms with van der Waals surface area (Å²) in [6, 6.07) is 1.15. The van der Waals surface area contributed by atoms with Gasteiger partial charge in [-0.1, -0.05) is 6.42 Å². The summed E-state index contributed by atoms with van der Waals surface area (Å²) in [6.07, 6.45) is 3.59. The third-order valence-corrected chi connectivity index (χ3v) is 3.45. The summed E-state index contributed by atoms with van der Waals surface area (Å²) in [5, 5.41) is 12.3. The van der Waals surface area contributed by atoms with Crippen LogP contribution in [-0.4, -0.2) is 27.1 Å². The summed E-state index contributed by atoms with van der Waals surface area (Å²) < 4.78 is 0. The molecule has 1 aliphatic carbocycles. The lowest BCUT2D eigenvalue weighted by molar-refractivity contribution is -0.147. The molecule has 0 aromatic carbocycles. The fourth-order valence-electron chi connectivity index (χ4n) is 2.28. The molecule has 6 heteroatoms. The molecule has 0 amide bonds. The van der Waals surface area contributed by atoms with E-state index in [-0.39, 0.29) is 11.6 Å². The Bertz CT molecular complexity index is 485. The highest BCUT2D eigenvalue weighted by Crippen LogP contribution is 2.39. The number of nitrogens with zero attached hydrogens (tertiary/aromatic N) is 1. The standard InChI is InChI=1S/C11H15N3O3/c1-11(10(16)17)4-2-3-7(11)14-8-5-9(15)13-6-12-8/h5-7H,2-4H2,1H3,(H,16,17)(H2,12,13,14,15). The van der Waals surface area contributed by atoms with Crippen molar-refractivity contribution in [3.8, 4) is 0 Å². The molecule has 1 aromatic heterocycles. The Kier molecular flexibility index (Phi) is 2.87. The minimum atomic E-state index is -0.808. The zero-order valence-electron chi connectivity index (χ0n) is 9.56. The molecule has 0 aliphatic heterocycles. The third kappa shape index (κ3) is 2.15. The second-order valence-corrected chi connectivity index (χ2v) is 4.61. The van der Waals surface area contributed by atoms with Crippen LogP contribution in [0.1, 0.15) is 26.2 Å². The fraction of sp³-hybridized carbons (Fsp3) is 0.545. The van der Waals surface area contributed by atoms with Crippen LogP contribution in [-0.2, 0) is 4.79 Å². The minimum absolute atomic E-state index is 0.186. The largest absolute Gasteiger partial charge is 0.481 e. The number of aromatic amines is 1. The maximum Gasteiger partial charge on any atom is 0.311 e. The van der Waals surface area contributed by atoms with Crippen molar-refractivity contribution in [3.63, 3.8) is 0 Å². The van der Waals surface area contributed by atoms with Crippen LogP contribution in [0.25, 0.3) is 0 Å². The van der Waals surface area contributed by atoms with Crippen LogP contribution in [0.5, 0.6) is 0 Å². The number of anilines is 1. The first-order valence-corrected chi connectivity index (χ1v) is 5.57. The number of H-pyrrole nitrogens is 1. The molecule has 1 heterocycles. The second-order valence-electron chi connectivity index (χ2n) is 4.61. The number of hydrogen-bond acceptors (Lipinski definition) is 4. The van der Waals surface area contributed by atoms with Gasteiger partial charge in [0.15, 0.2) is 0 Å². The summed E-state index contributed by atoms with van der Waals surface area (Å²) in [5.74, 6) is -0.384. The van der Waals surface area contributed by atoms with E-state index in [1.807, 2.05) is 0 Å². The second kappa shape index (κ2) is 4.20. The van der Waals surface area contributed by atoms with E-state index in [0.717, 1.165) is 12.8 Å². The van der Waals surface area contributed by atoms with Gasteiger partial charge in [0.05, 0.1) is 11.7 Å². The molecule has 2 rings (SSSR count). The van der Waals surface area contributed by atoms with Crippen LogP contribution in [0.4, 0.5) is 5.82 Å². The Labute approximate surface area is 98.1 Å². The molecule has 2 unspecified atom stereocenters. The van der Waals surface area contributed by atoms with Crippen molar-refractivity contribution in [2.75, 3.05) is 5.32 Å². The summed E-state index contributed by atoms with van der Waals surface area (Å²) in [7, 11) is 0. The highest BCUT2D eigenvalue weighted by atomic mass is 16.4. The molecule has 3 N–H and O–H groups in total. The Morgan fingerprint density at radius 3 is 3.12 bits per heavy atom. The van der Waals surface area contributed by atoms with Crippen molar-refractivity contribution in [2.24, 2.45) is 5.41 Å². The van der Waals surface area contributed by atoms with Gasteiger partial charge in [-0.25, -0.2) is 4.98 Å². The first kappa shape index (κ1) is 11.6. The summed E-state index contributed by atoms with van der Waals surface area (Å²) >= 11 is 0. The van der Waals surface area contributed by atoms with Crippen molar-refractivity contribution >= 4 is 11.8 Å². The molecule has 1 aromatic rings. The molecule has 1 aliphatic rings. The van der Waals surface area contributed by atoms with E-state index >= 15 is 0 Å². The monoisotopic (exact) mass is 237 g/mol. The van der Waals surface area contributed by atoms with E-state index in [0.29, 0.717) is 12.2 Å². The lowest BCUT2D eigenvalue weighted by Gasteiger charge is -2.27. The van der Waals surface area contributed by atoms with Gasteiger partial charge in [-0.3, -0.25) is 9.59 Å². The van der Waals surface area contributed by atoms with E-state index in [2.05, 4.69) is 15.3 Å². The molecular weight excluding hydrogens is 222 g/mol. The summed E-state index contributed by atoms with van der Waals surface area (Å²) in [4.78, 5) is 28.8. The molecule has 17 heavy (non-hydrogen) atoms. The van der Waals surface area contributed by atoms with Gasteiger partial charge in [-0.2, -0.15) is 0 Å². The third-order valence-electron chi connectivity index (χ3n) is 3.45. The van der Waals surface area contributed by atoms with E-state index in [9.17, 15) is 14.7 Å². The van der Waals surface area contributed by atoms with Crippen molar-refractivity contribution in [1.82, 2.24) is 9.97 Å². The molecule has 0 saturated heterocycles. The highest BCUT2D eigenvalue weighted by Gasteiger charge is 2.45. The number of carboxylic acid groups (broad SMARTS) is 1. The van der Waals surface area contributed by atoms with Gasteiger partial charge in [0.25, 0.3) is 5.56 Å². The smallest absolute Gasteiger partial charge is 0.311 e. The van der Waals surface area contributed by atoms with Crippen LogP contribution in [0.3, 0.4) is 0 Å². The number of aliphatic carboxylic acids is 1. The van der Waals surface area contributed by atoms with E-state index in [1.165, 1.54) is 12.4 Å². The van der Waals surface area contributed by atoms with Crippen LogP contribution in [0.2, 0.25) is 0 Å². The van der Waals surface area contributed by atoms with Crippen LogP contribution >= 0.6 is 0 Å². The molecule has 0 bridgehead atoms. The molecular formula is C11H15N3O3. The van der Waals surface area contributed by atoms with Crippen molar-refractivity contribution < 1.29 is 9.90 Å². The molecule has 1 saturated carbocycles. The van der Waals surface area contributed by atoms with Crippen molar-refractivity contribution in [2.45, 2.75) is 32.2 Å². The van der Waals surface area contributed by atoms with Crippen molar-refractivity contribution in [1.29, 1.82) is 0 Å². The van der Waals surface area contributed by atoms with Gasteiger partial charge in [0, 0.05) is 12.1 Å². The number of rotatable bonds is 3. The Balaban J connectivity index is 2.19. The topological polar surface area (TPSA) is 95.1 Å². The van der Waals surface area contributed by atoms with Gasteiger partial charge in [-0.15, -0.1) is 0 Å². The maximum atomic E-state index is 11.3. The molecule has 2 atom stereocenters. The fourth-order valence-corrected chi connectivity index (χ4v) is 2.28. The van der Waals surface area contributed by atoms with E-state index in [1.54, 1.807) is 6.92 Å². The lowest BCUT2D eigenvalue weighted by Crippen LogP contribution is -2.40. The maximum absolute atomic E-state index is 11.3. The number of carboxylic acids is 1. The molecule has 1 fully saturated rings. The van der Waals surface area contributed by atoms with E-state index in [4.69, 9.17) is 0 Å². The predicted octanol–water partition coefficient (Wildman–Crippen LogP) is 0.825. The first-order valence-electron chi connectivity index (χ1n) is 5.57. The van der Waals surface area contributed by atoms with Gasteiger partial charge in [0.1, 0.15) is 5.82 Å². The normalized spacial score (nSPS) is 27.9. The Hall–Kier alpha value is -1.85. The molecule has 6 nitrogen and oxygen atoms in total. The predicted molar refractivity (Wildman–Crippen MR) is 61.9 cm³/mol. The van der Waals surface area contributed by atoms with Crippen LogP contribution in [0, 0.1) is 5.41 Å². The average Bonchev–Trinajstić information content (AvgIpc) is 2.62. The number of aromatic nitrogens is 2. The van der Waals surface area contributed by atoms with Gasteiger partial charge >= 0.3 is 5.97 Å². The zero-order valence-corrected chi connectivity index (χ0v) is 9.56. The Morgan fingerprint density at radius 1 is 1.71 bits per heavy atom. The van der Waals surface area contributed by atoms with Crippen molar-refractivity contribution in [3.05, 3.63) is 22.7 Å². The highest BCUT2D eigenvalue weighted by molar-refractivity contribution is 5.76. The SMILES string of the molecule is CC1(C(=O)O)CCCC1Nc1cc(=O)[nH]cn1. The molecule has 92 valence electrons. The molecule has 0 radical (unpaired) electrons. The van der Waals surface area contributed by atoms with Gasteiger partial charge < -0.3 is 15.4 Å². The summed E-state index contributed by atoms with van der Waals surface area (Å²) in [5.41, 5.74) is -1.04. The van der Waals surface area contributed by atoms with Gasteiger partial charge in [-0.05, 0) is 19.8 Å². The lowest BCUT2D eigenvalue weighted by atomic mass is 9.85. The molecule has 0 spiro atoms. The Morgan fingerprint density at radius 2 is 2.47 bits per heavy atom.